The number of hydrogen-bond acceptors (Lipinski definition) is 6. The van der Waals surface area contributed by atoms with E-state index in [9.17, 15) is 0 Å². The quantitative estimate of drug-likeness (QED) is 0.135. The van der Waals surface area contributed by atoms with E-state index < -0.39 is 0 Å². The fraction of sp³-hybridized carbons (Fsp3) is 0. The van der Waals surface area contributed by atoms with Crippen molar-refractivity contribution in [3.63, 3.8) is 0 Å². The Bertz CT molecular complexity index is 5260. The summed E-state index contributed by atoms with van der Waals surface area (Å²) in [5, 5.41) is 8.61. The monoisotopic (exact) mass is 1200 g/mol. The van der Waals surface area contributed by atoms with Crippen LogP contribution in [-0.4, -0.2) is 48.2 Å². The lowest BCUT2D eigenvalue weighted by Gasteiger charge is -2.30. The van der Waals surface area contributed by atoms with Gasteiger partial charge in [0.2, 0.25) is 0 Å². The zero-order valence-electron chi connectivity index (χ0n) is 50.5. The number of rotatable bonds is 10. The second-order valence-corrected chi connectivity index (χ2v) is 23.7. The molecule has 10 heteroatoms. The van der Waals surface area contributed by atoms with Gasteiger partial charge in [-0.25, -0.2) is 29.9 Å². The summed E-state index contributed by atoms with van der Waals surface area (Å²) in [6.45, 7) is 0. The van der Waals surface area contributed by atoms with Crippen LogP contribution >= 0.6 is 0 Å². The molecule has 0 aliphatic carbocycles. The van der Waals surface area contributed by atoms with E-state index in [2.05, 4.69) is 261 Å². The predicted octanol–water partition coefficient (Wildman–Crippen LogP) is 20.4. The van der Waals surface area contributed by atoms with Crippen LogP contribution in [0.1, 0.15) is 0 Å². The van der Waals surface area contributed by atoms with Gasteiger partial charge in [-0.1, -0.05) is 267 Å². The predicted molar refractivity (Wildman–Crippen MR) is 383 cm³/mol. The highest BCUT2D eigenvalue weighted by molar-refractivity contribution is 6.18. The summed E-state index contributed by atoms with van der Waals surface area (Å²) in [6.07, 6.45) is 0. The highest BCUT2D eigenvalue weighted by Crippen LogP contribution is 2.54. The standard InChI is InChI=1S/C84H52N10/c1-5-29-53(30-6-1)79-85-80(54-31-7-2-8-32-54)88-83(87-79)73-75(91-65-45-21-13-37-57(65)58-38-14-22-46-66(58)91)77(93-69-49-25-17-41-61(69)62-42-18-26-50-70(62)93)74(84-89-81(55-33-9-3-10-34-55)86-82(90-84)56-35-11-4-12-36-56)78(94-71-51-27-19-43-63(71)64-44-20-28-52-72(64)94)76(73)92-67-47-23-15-39-59(67)60-40-16-24-48-68(60)92/h1-52H. The van der Waals surface area contributed by atoms with Crippen LogP contribution < -0.4 is 0 Å². The molecule has 94 heavy (non-hydrogen) atoms. The van der Waals surface area contributed by atoms with E-state index in [0.717, 1.165) is 143 Å². The van der Waals surface area contributed by atoms with Crippen molar-refractivity contribution in [1.82, 2.24) is 48.2 Å². The molecule has 0 amide bonds. The van der Waals surface area contributed by atoms with E-state index in [4.69, 9.17) is 29.9 Å². The van der Waals surface area contributed by atoms with Crippen molar-refractivity contribution >= 4 is 87.2 Å². The molecule has 0 spiro atoms. The molecule has 0 radical (unpaired) electrons. The maximum absolute atomic E-state index is 5.96. The zero-order valence-corrected chi connectivity index (χ0v) is 50.5. The van der Waals surface area contributed by atoms with Crippen molar-refractivity contribution in [2.24, 2.45) is 0 Å². The van der Waals surface area contributed by atoms with Crippen LogP contribution in [0.25, 0.3) is 178 Å². The first-order valence-electron chi connectivity index (χ1n) is 31.6. The van der Waals surface area contributed by atoms with Crippen LogP contribution in [0.15, 0.2) is 315 Å². The third-order valence-electron chi connectivity index (χ3n) is 18.5. The highest BCUT2D eigenvalue weighted by Gasteiger charge is 2.38. The van der Waals surface area contributed by atoms with Crippen molar-refractivity contribution < 1.29 is 0 Å². The van der Waals surface area contributed by atoms with Crippen LogP contribution in [0.5, 0.6) is 0 Å². The molecule has 0 saturated carbocycles. The van der Waals surface area contributed by atoms with Gasteiger partial charge in [-0.05, 0) is 48.5 Å². The molecule has 0 aliphatic rings. The fourth-order valence-corrected chi connectivity index (χ4v) is 14.5. The summed E-state index contributed by atoms with van der Waals surface area (Å²) < 4.78 is 9.89. The lowest BCUT2D eigenvalue weighted by atomic mass is 9.95. The minimum Gasteiger partial charge on any atom is -0.306 e. The molecule has 0 N–H and O–H groups in total. The van der Waals surface area contributed by atoms with Gasteiger partial charge in [-0.15, -0.1) is 0 Å². The molecule has 0 aliphatic heterocycles. The first-order chi connectivity index (χ1) is 46.7. The number of benzene rings is 13. The summed E-state index contributed by atoms with van der Waals surface area (Å²) in [4.78, 5) is 34.7. The van der Waals surface area contributed by atoms with Gasteiger partial charge >= 0.3 is 0 Å². The molecule has 10 nitrogen and oxygen atoms in total. The Balaban J connectivity index is 1.19. The van der Waals surface area contributed by atoms with Crippen molar-refractivity contribution in [3.8, 4) is 91.1 Å². The van der Waals surface area contributed by atoms with E-state index in [-0.39, 0.29) is 0 Å². The topological polar surface area (TPSA) is 97.1 Å². The normalized spacial score (nSPS) is 11.8. The second kappa shape index (κ2) is 21.4. The molecule has 0 bridgehead atoms. The lowest BCUT2D eigenvalue weighted by Crippen LogP contribution is -2.18. The van der Waals surface area contributed by atoms with Gasteiger partial charge < -0.3 is 18.3 Å². The average Bonchev–Trinajstić information content (AvgIpc) is 1.40. The first kappa shape index (κ1) is 53.0. The van der Waals surface area contributed by atoms with Crippen LogP contribution in [-0.2, 0) is 0 Å². The largest absolute Gasteiger partial charge is 0.306 e. The molecule has 19 rings (SSSR count). The maximum atomic E-state index is 5.96. The Kier molecular flexibility index (Phi) is 12.0. The molecule has 6 aromatic heterocycles. The summed E-state index contributed by atoms with van der Waals surface area (Å²) in [6, 6.07) is 111. The van der Waals surface area contributed by atoms with E-state index in [1.807, 2.05) is 72.8 Å². The SMILES string of the molecule is c1ccc(-c2nc(-c3ccccc3)nc(-c3c(-n4c5ccccc5c5ccccc54)c(-n4c5ccccc5c5ccccc54)c(-c4nc(-c5ccccc5)nc(-c5ccccc5)n4)c(-n4c5ccccc5c5ccccc54)c3-n3c4ccccc4c4ccccc43)n2)cc1. The van der Waals surface area contributed by atoms with E-state index in [1.165, 1.54) is 0 Å². The molecule has 19 aromatic rings. The van der Waals surface area contributed by atoms with Gasteiger partial charge in [0.15, 0.2) is 34.9 Å². The average molecular weight is 1200 g/mol. The Morgan fingerprint density at radius 2 is 0.298 bits per heavy atom. The molecule has 438 valence electrons. The number of fused-ring (bicyclic) bond motifs is 12. The Labute approximate surface area is 538 Å². The molecular formula is C84H52N10. The molecular weight excluding hydrogens is 1150 g/mol. The van der Waals surface area contributed by atoms with Gasteiger partial charge in [0.1, 0.15) is 0 Å². The smallest absolute Gasteiger partial charge is 0.168 e. The van der Waals surface area contributed by atoms with E-state index in [1.54, 1.807) is 0 Å². The number of para-hydroxylation sites is 8. The van der Waals surface area contributed by atoms with E-state index >= 15 is 0 Å². The second-order valence-electron chi connectivity index (χ2n) is 23.7. The molecule has 0 saturated heterocycles. The number of nitrogens with zero attached hydrogens (tertiary/aromatic N) is 10. The summed E-state index contributed by atoms with van der Waals surface area (Å²) >= 11 is 0. The molecule has 0 unspecified atom stereocenters. The Hall–Kier alpha value is -12.9. The van der Waals surface area contributed by atoms with Crippen LogP contribution in [0.3, 0.4) is 0 Å². The van der Waals surface area contributed by atoms with E-state index in [0.29, 0.717) is 34.9 Å². The number of hydrogen-bond donors (Lipinski definition) is 0. The maximum Gasteiger partial charge on any atom is 0.168 e. The Morgan fingerprint density at radius 3 is 0.479 bits per heavy atom. The third kappa shape index (κ3) is 8.16. The van der Waals surface area contributed by atoms with Crippen molar-refractivity contribution in [1.29, 1.82) is 0 Å². The van der Waals surface area contributed by atoms with Gasteiger partial charge in [0.25, 0.3) is 0 Å². The van der Waals surface area contributed by atoms with Gasteiger partial charge in [0, 0.05) is 65.3 Å². The molecule has 13 aromatic carbocycles. The van der Waals surface area contributed by atoms with Crippen LogP contribution in [0.4, 0.5) is 0 Å². The van der Waals surface area contributed by atoms with Gasteiger partial charge in [-0.2, -0.15) is 0 Å². The number of aromatic nitrogens is 10. The summed E-state index contributed by atoms with van der Waals surface area (Å²) in [5.41, 5.74) is 15.8. The molecule has 0 fully saturated rings. The summed E-state index contributed by atoms with van der Waals surface area (Å²) in [5.74, 6) is 2.96. The van der Waals surface area contributed by atoms with Crippen molar-refractivity contribution in [3.05, 3.63) is 315 Å². The van der Waals surface area contributed by atoms with Crippen molar-refractivity contribution in [2.75, 3.05) is 0 Å². The fourth-order valence-electron chi connectivity index (χ4n) is 14.5. The minimum absolute atomic E-state index is 0.447. The lowest BCUT2D eigenvalue weighted by molar-refractivity contribution is 1.01. The van der Waals surface area contributed by atoms with Crippen LogP contribution in [0, 0.1) is 0 Å². The zero-order chi connectivity index (χ0) is 61.8. The van der Waals surface area contributed by atoms with Crippen LogP contribution in [0.2, 0.25) is 0 Å². The van der Waals surface area contributed by atoms with Gasteiger partial charge in [-0.3, -0.25) is 0 Å². The first-order valence-corrected chi connectivity index (χ1v) is 31.6. The van der Waals surface area contributed by atoms with Gasteiger partial charge in [0.05, 0.1) is 78.0 Å². The molecule has 0 atom stereocenters. The third-order valence-corrected chi connectivity index (χ3v) is 18.5. The van der Waals surface area contributed by atoms with Crippen molar-refractivity contribution in [2.45, 2.75) is 0 Å². The Morgan fingerprint density at radius 1 is 0.149 bits per heavy atom. The summed E-state index contributed by atoms with van der Waals surface area (Å²) in [7, 11) is 0. The highest BCUT2D eigenvalue weighted by atomic mass is 15.2. The molecule has 6 heterocycles. The minimum atomic E-state index is 0.447.